The van der Waals surface area contributed by atoms with Crippen LogP contribution in [-0.4, -0.2) is 49.1 Å². The largest absolute Gasteiger partial charge is 0.335 e. The first-order valence-corrected chi connectivity index (χ1v) is 8.77. The number of nitrogens with zero attached hydrogens (tertiary/aromatic N) is 1. The first kappa shape index (κ1) is 22.2. The SMILES string of the molecule is CC(C)[C@H](N)C(=O)Nc1ccc(NC(=O)NC2CCN(C)CC2)cc1.Cl. The maximum absolute atomic E-state index is 12.1. The number of nitrogens with two attached hydrogens (primary N) is 1. The van der Waals surface area contributed by atoms with Gasteiger partial charge in [0.05, 0.1) is 6.04 Å². The van der Waals surface area contributed by atoms with E-state index in [0.717, 1.165) is 25.9 Å². The summed E-state index contributed by atoms with van der Waals surface area (Å²) < 4.78 is 0. The number of amides is 3. The second-order valence-electron chi connectivity index (χ2n) is 7.01. The number of urea groups is 1. The molecular weight excluding hydrogens is 354 g/mol. The number of carbonyl (C=O) groups excluding carboxylic acids is 2. The predicted molar refractivity (Wildman–Crippen MR) is 108 cm³/mol. The Labute approximate surface area is 161 Å². The van der Waals surface area contributed by atoms with Gasteiger partial charge in [-0.2, -0.15) is 0 Å². The number of hydrogen-bond acceptors (Lipinski definition) is 4. The third-order valence-corrected chi connectivity index (χ3v) is 4.49. The molecule has 5 N–H and O–H groups in total. The Kier molecular flexibility index (Phi) is 8.84. The summed E-state index contributed by atoms with van der Waals surface area (Å²) in [6.45, 7) is 5.80. The molecule has 1 aromatic carbocycles. The summed E-state index contributed by atoms with van der Waals surface area (Å²) in [6, 6.07) is 6.47. The number of anilines is 2. The van der Waals surface area contributed by atoms with Crippen molar-refractivity contribution in [2.75, 3.05) is 30.8 Å². The van der Waals surface area contributed by atoms with Crippen LogP contribution in [0.3, 0.4) is 0 Å². The lowest BCUT2D eigenvalue weighted by molar-refractivity contribution is -0.118. The number of benzene rings is 1. The van der Waals surface area contributed by atoms with Crippen molar-refractivity contribution in [1.29, 1.82) is 0 Å². The fourth-order valence-corrected chi connectivity index (χ4v) is 2.67. The van der Waals surface area contributed by atoms with E-state index in [4.69, 9.17) is 5.73 Å². The smallest absolute Gasteiger partial charge is 0.319 e. The van der Waals surface area contributed by atoms with Crippen LogP contribution >= 0.6 is 12.4 Å². The molecule has 0 aromatic heterocycles. The lowest BCUT2D eigenvalue weighted by atomic mass is 10.0. The van der Waals surface area contributed by atoms with Crippen molar-refractivity contribution in [2.45, 2.75) is 38.8 Å². The van der Waals surface area contributed by atoms with E-state index >= 15 is 0 Å². The van der Waals surface area contributed by atoms with Crippen LogP contribution in [0.5, 0.6) is 0 Å². The van der Waals surface area contributed by atoms with Crippen molar-refractivity contribution in [3.63, 3.8) is 0 Å². The summed E-state index contributed by atoms with van der Waals surface area (Å²) in [5, 5.41) is 8.60. The summed E-state index contributed by atoms with van der Waals surface area (Å²) in [5.74, 6) is -0.139. The minimum atomic E-state index is -0.543. The van der Waals surface area contributed by atoms with Crippen LogP contribution in [0.15, 0.2) is 24.3 Å². The molecule has 1 aliphatic heterocycles. The van der Waals surface area contributed by atoms with Gasteiger partial charge in [-0.1, -0.05) is 13.8 Å². The molecule has 8 heteroatoms. The normalized spacial score (nSPS) is 16.5. The zero-order valence-electron chi connectivity index (χ0n) is 15.6. The summed E-state index contributed by atoms with van der Waals surface area (Å²) >= 11 is 0. The maximum atomic E-state index is 12.1. The van der Waals surface area contributed by atoms with Gasteiger partial charge in [0.15, 0.2) is 0 Å². The van der Waals surface area contributed by atoms with E-state index in [9.17, 15) is 9.59 Å². The molecule has 2 rings (SSSR count). The van der Waals surface area contributed by atoms with E-state index in [1.165, 1.54) is 0 Å². The predicted octanol–water partition coefficient (Wildman–Crippen LogP) is 2.25. The monoisotopic (exact) mass is 383 g/mol. The van der Waals surface area contributed by atoms with Gasteiger partial charge in [0.1, 0.15) is 0 Å². The molecule has 1 saturated heterocycles. The number of nitrogens with one attached hydrogen (secondary N) is 3. The van der Waals surface area contributed by atoms with Gasteiger partial charge in [0, 0.05) is 17.4 Å². The number of halogens is 1. The minimum absolute atomic E-state index is 0. The van der Waals surface area contributed by atoms with Crippen LogP contribution < -0.4 is 21.7 Å². The Hall–Kier alpha value is -1.83. The van der Waals surface area contributed by atoms with E-state index < -0.39 is 6.04 Å². The first-order chi connectivity index (χ1) is 11.8. The first-order valence-electron chi connectivity index (χ1n) is 8.77. The number of hydrogen-bond donors (Lipinski definition) is 4. The molecule has 7 nitrogen and oxygen atoms in total. The molecule has 1 fully saturated rings. The highest BCUT2D eigenvalue weighted by Crippen LogP contribution is 2.15. The van der Waals surface area contributed by atoms with Crippen LogP contribution in [0.1, 0.15) is 26.7 Å². The van der Waals surface area contributed by atoms with Gasteiger partial charge >= 0.3 is 6.03 Å². The summed E-state index contributed by atoms with van der Waals surface area (Å²) in [5.41, 5.74) is 7.15. The topological polar surface area (TPSA) is 99.5 Å². The van der Waals surface area contributed by atoms with Crippen molar-refractivity contribution in [1.82, 2.24) is 10.2 Å². The van der Waals surface area contributed by atoms with Crippen molar-refractivity contribution >= 4 is 35.7 Å². The maximum Gasteiger partial charge on any atom is 0.319 e. The van der Waals surface area contributed by atoms with E-state index in [1.807, 2.05) is 13.8 Å². The molecule has 1 aliphatic rings. The summed E-state index contributed by atoms with van der Waals surface area (Å²) in [4.78, 5) is 26.3. The average Bonchev–Trinajstić information content (AvgIpc) is 2.57. The zero-order valence-corrected chi connectivity index (χ0v) is 16.4. The molecule has 0 unspecified atom stereocenters. The van der Waals surface area contributed by atoms with Crippen molar-refractivity contribution in [3.05, 3.63) is 24.3 Å². The summed E-state index contributed by atoms with van der Waals surface area (Å²) in [6.07, 6.45) is 1.93. The second-order valence-corrected chi connectivity index (χ2v) is 7.01. The lowest BCUT2D eigenvalue weighted by Gasteiger charge is -2.29. The van der Waals surface area contributed by atoms with Crippen LogP contribution in [0, 0.1) is 5.92 Å². The number of rotatable bonds is 5. The molecule has 1 aromatic rings. The molecule has 1 atom stereocenters. The van der Waals surface area contributed by atoms with Gasteiger partial charge in [0.25, 0.3) is 0 Å². The van der Waals surface area contributed by atoms with Crippen LogP contribution in [0.4, 0.5) is 16.2 Å². The quantitative estimate of drug-likeness (QED) is 0.626. The Balaban J connectivity index is 0.00000338. The third kappa shape index (κ3) is 6.82. The fraction of sp³-hybridized carbons (Fsp3) is 0.556. The van der Waals surface area contributed by atoms with E-state index in [1.54, 1.807) is 24.3 Å². The molecule has 1 heterocycles. The van der Waals surface area contributed by atoms with Crippen LogP contribution in [0.2, 0.25) is 0 Å². The molecule has 0 bridgehead atoms. The van der Waals surface area contributed by atoms with Gasteiger partial charge in [-0.15, -0.1) is 12.4 Å². The van der Waals surface area contributed by atoms with Gasteiger partial charge in [-0.3, -0.25) is 4.79 Å². The molecular formula is C18H30ClN5O2. The molecule has 0 aliphatic carbocycles. The lowest BCUT2D eigenvalue weighted by Crippen LogP contribution is -2.44. The summed E-state index contributed by atoms with van der Waals surface area (Å²) in [7, 11) is 2.09. The van der Waals surface area contributed by atoms with Crippen LogP contribution in [0.25, 0.3) is 0 Å². The number of likely N-dealkylation sites (tertiary alicyclic amines) is 1. The second kappa shape index (κ2) is 10.4. The highest BCUT2D eigenvalue weighted by Gasteiger charge is 2.19. The fourth-order valence-electron chi connectivity index (χ4n) is 2.67. The molecule has 26 heavy (non-hydrogen) atoms. The van der Waals surface area contributed by atoms with Gasteiger partial charge in [-0.25, -0.2) is 4.79 Å². The van der Waals surface area contributed by atoms with Gasteiger partial charge < -0.3 is 26.6 Å². The van der Waals surface area contributed by atoms with Crippen molar-refractivity contribution in [2.24, 2.45) is 11.7 Å². The number of piperidine rings is 1. The highest BCUT2D eigenvalue weighted by molar-refractivity contribution is 5.95. The minimum Gasteiger partial charge on any atom is -0.335 e. The highest BCUT2D eigenvalue weighted by atomic mass is 35.5. The molecule has 0 radical (unpaired) electrons. The van der Waals surface area contributed by atoms with Crippen molar-refractivity contribution < 1.29 is 9.59 Å². The van der Waals surface area contributed by atoms with Crippen molar-refractivity contribution in [3.8, 4) is 0 Å². The van der Waals surface area contributed by atoms with Gasteiger partial charge in [-0.05, 0) is 63.2 Å². The standard InChI is InChI=1S/C18H29N5O2.ClH/c1-12(2)16(19)17(24)20-13-4-6-14(7-5-13)21-18(25)22-15-8-10-23(3)11-9-15;/h4-7,12,15-16H,8-11,19H2,1-3H3,(H,20,24)(H2,21,22,25);1H/t16-;/m0./s1. The Morgan fingerprint density at radius 3 is 2.08 bits per heavy atom. The van der Waals surface area contributed by atoms with Crippen LogP contribution in [-0.2, 0) is 4.79 Å². The van der Waals surface area contributed by atoms with E-state index in [-0.39, 0.29) is 36.3 Å². The third-order valence-electron chi connectivity index (χ3n) is 4.49. The van der Waals surface area contributed by atoms with Gasteiger partial charge in [0.2, 0.25) is 5.91 Å². The molecule has 0 spiro atoms. The Bertz CT molecular complexity index is 586. The molecule has 0 saturated carbocycles. The average molecular weight is 384 g/mol. The molecule has 3 amide bonds. The zero-order chi connectivity index (χ0) is 18.4. The Morgan fingerprint density at radius 2 is 1.58 bits per heavy atom. The molecule has 146 valence electrons. The Morgan fingerprint density at radius 1 is 1.08 bits per heavy atom. The number of carbonyl (C=O) groups is 2. The van der Waals surface area contributed by atoms with E-state index in [2.05, 4.69) is 27.9 Å². The van der Waals surface area contributed by atoms with E-state index in [0.29, 0.717) is 11.4 Å².